The van der Waals surface area contributed by atoms with E-state index in [1.165, 1.54) is 16.7 Å². The molecular formula is C17H16N2O. The Kier molecular flexibility index (Phi) is 2.43. The third kappa shape index (κ3) is 1.73. The van der Waals surface area contributed by atoms with Gasteiger partial charge < -0.3 is 4.74 Å². The molecule has 0 unspecified atom stereocenters. The van der Waals surface area contributed by atoms with Gasteiger partial charge in [0.05, 0.1) is 0 Å². The Morgan fingerprint density at radius 1 is 1.15 bits per heavy atom. The Labute approximate surface area is 118 Å². The summed E-state index contributed by atoms with van der Waals surface area (Å²) in [5.74, 6) is 0.696. The number of nitrogens with zero attached hydrogens (tertiary/aromatic N) is 2. The van der Waals surface area contributed by atoms with E-state index in [-0.39, 0.29) is 12.1 Å². The molecule has 20 heavy (non-hydrogen) atoms. The Morgan fingerprint density at radius 3 is 2.85 bits per heavy atom. The van der Waals surface area contributed by atoms with Crippen LogP contribution in [-0.2, 0) is 11.2 Å². The summed E-state index contributed by atoms with van der Waals surface area (Å²) < 4.78 is 6.05. The summed E-state index contributed by atoms with van der Waals surface area (Å²) in [6.45, 7) is 4.08. The van der Waals surface area contributed by atoms with Gasteiger partial charge in [-0.15, -0.1) is 0 Å². The standard InChI is InChI=1S/C17H16N2O/c1-10-7-11(2)18-14(8-10)17-19-16-13-6-4-3-5-12(13)9-15(16)20-17/h3-8,15-16H,9H2,1-2H3/t15-,16+/m0/s1. The second kappa shape index (κ2) is 4.17. The third-order valence-electron chi connectivity index (χ3n) is 3.98. The zero-order valence-electron chi connectivity index (χ0n) is 11.6. The van der Waals surface area contributed by atoms with Crippen LogP contribution in [0.4, 0.5) is 0 Å². The maximum absolute atomic E-state index is 6.05. The van der Waals surface area contributed by atoms with Gasteiger partial charge in [0.15, 0.2) is 0 Å². The zero-order chi connectivity index (χ0) is 13.7. The lowest BCUT2D eigenvalue weighted by Gasteiger charge is -2.09. The van der Waals surface area contributed by atoms with Gasteiger partial charge in [-0.3, -0.25) is 0 Å². The van der Waals surface area contributed by atoms with E-state index in [1.54, 1.807) is 0 Å². The third-order valence-corrected chi connectivity index (χ3v) is 3.98. The number of aromatic nitrogens is 1. The Bertz CT molecular complexity index is 700. The molecule has 2 aliphatic rings. The van der Waals surface area contributed by atoms with E-state index in [9.17, 15) is 0 Å². The maximum Gasteiger partial charge on any atom is 0.236 e. The number of rotatable bonds is 1. The van der Waals surface area contributed by atoms with Gasteiger partial charge in [-0.2, -0.15) is 0 Å². The minimum atomic E-state index is 0.142. The summed E-state index contributed by atoms with van der Waals surface area (Å²) in [5, 5.41) is 0. The molecule has 2 aromatic rings. The molecule has 4 rings (SSSR count). The van der Waals surface area contributed by atoms with Crippen molar-refractivity contribution in [1.82, 2.24) is 4.98 Å². The van der Waals surface area contributed by atoms with Crippen LogP contribution in [0.5, 0.6) is 0 Å². The molecule has 3 heteroatoms. The first-order valence-corrected chi connectivity index (χ1v) is 6.98. The first-order valence-electron chi connectivity index (χ1n) is 6.98. The van der Waals surface area contributed by atoms with E-state index in [0.29, 0.717) is 5.90 Å². The van der Waals surface area contributed by atoms with Crippen molar-refractivity contribution in [1.29, 1.82) is 0 Å². The van der Waals surface area contributed by atoms with Crippen molar-refractivity contribution in [3.8, 4) is 0 Å². The van der Waals surface area contributed by atoms with E-state index in [0.717, 1.165) is 17.8 Å². The largest absolute Gasteiger partial charge is 0.470 e. The second-order valence-corrected chi connectivity index (χ2v) is 5.61. The summed E-state index contributed by atoms with van der Waals surface area (Å²) >= 11 is 0. The molecule has 1 aromatic heterocycles. The van der Waals surface area contributed by atoms with Crippen LogP contribution in [-0.4, -0.2) is 17.0 Å². The van der Waals surface area contributed by atoms with Crippen molar-refractivity contribution in [2.45, 2.75) is 32.4 Å². The Balaban J connectivity index is 1.74. The fraction of sp³-hybridized carbons (Fsp3) is 0.294. The van der Waals surface area contributed by atoms with Crippen molar-refractivity contribution in [2.75, 3.05) is 0 Å². The second-order valence-electron chi connectivity index (χ2n) is 5.61. The molecule has 0 amide bonds. The lowest BCUT2D eigenvalue weighted by atomic mass is 10.1. The molecule has 0 saturated carbocycles. The van der Waals surface area contributed by atoms with Gasteiger partial charge in [-0.05, 0) is 42.7 Å². The van der Waals surface area contributed by atoms with Gasteiger partial charge in [0.2, 0.25) is 5.90 Å². The van der Waals surface area contributed by atoms with Crippen LogP contribution >= 0.6 is 0 Å². The summed E-state index contributed by atoms with van der Waals surface area (Å²) in [7, 11) is 0. The smallest absolute Gasteiger partial charge is 0.236 e. The highest BCUT2D eigenvalue weighted by molar-refractivity contribution is 5.94. The van der Waals surface area contributed by atoms with Crippen molar-refractivity contribution in [3.05, 3.63) is 64.5 Å². The minimum absolute atomic E-state index is 0.142. The van der Waals surface area contributed by atoms with Crippen LogP contribution in [0, 0.1) is 13.8 Å². The molecule has 1 aliphatic carbocycles. The highest BCUT2D eigenvalue weighted by Crippen LogP contribution is 2.40. The lowest BCUT2D eigenvalue weighted by molar-refractivity contribution is 0.206. The van der Waals surface area contributed by atoms with Crippen molar-refractivity contribution < 1.29 is 4.74 Å². The number of hydrogen-bond donors (Lipinski definition) is 0. The molecule has 1 aromatic carbocycles. The van der Waals surface area contributed by atoms with E-state index in [1.807, 2.05) is 13.0 Å². The Morgan fingerprint density at radius 2 is 2.00 bits per heavy atom. The highest BCUT2D eigenvalue weighted by atomic mass is 16.5. The molecular weight excluding hydrogens is 248 g/mol. The maximum atomic E-state index is 6.05. The van der Waals surface area contributed by atoms with E-state index in [4.69, 9.17) is 9.73 Å². The average molecular weight is 264 g/mol. The van der Waals surface area contributed by atoms with Gasteiger partial charge in [0.1, 0.15) is 17.8 Å². The predicted molar refractivity (Wildman–Crippen MR) is 78.0 cm³/mol. The molecule has 0 radical (unpaired) electrons. The summed E-state index contributed by atoms with van der Waals surface area (Å²) in [6, 6.07) is 12.7. The summed E-state index contributed by atoms with van der Waals surface area (Å²) in [5.41, 5.74) is 5.71. The van der Waals surface area contributed by atoms with Gasteiger partial charge in [-0.1, -0.05) is 24.3 Å². The normalized spacial score (nSPS) is 23.0. The van der Waals surface area contributed by atoms with E-state index < -0.39 is 0 Å². The molecule has 0 spiro atoms. The monoisotopic (exact) mass is 264 g/mol. The summed E-state index contributed by atoms with van der Waals surface area (Å²) in [4.78, 5) is 9.32. The lowest BCUT2D eigenvalue weighted by Crippen LogP contribution is -2.14. The molecule has 1 aliphatic heterocycles. The number of aliphatic imine (C=N–C) groups is 1. The zero-order valence-corrected chi connectivity index (χ0v) is 11.6. The molecule has 0 bridgehead atoms. The first kappa shape index (κ1) is 11.6. The number of ether oxygens (including phenoxy) is 1. The van der Waals surface area contributed by atoms with Gasteiger partial charge in [0.25, 0.3) is 0 Å². The highest BCUT2D eigenvalue weighted by Gasteiger charge is 2.39. The fourth-order valence-corrected chi connectivity index (χ4v) is 3.17. The van der Waals surface area contributed by atoms with Crippen molar-refractivity contribution in [3.63, 3.8) is 0 Å². The fourth-order valence-electron chi connectivity index (χ4n) is 3.17. The quantitative estimate of drug-likeness (QED) is 0.793. The van der Waals surface area contributed by atoms with Crippen molar-refractivity contribution in [2.24, 2.45) is 4.99 Å². The average Bonchev–Trinajstić information content (AvgIpc) is 2.94. The van der Waals surface area contributed by atoms with Crippen LogP contribution in [0.1, 0.15) is 34.1 Å². The number of hydrogen-bond acceptors (Lipinski definition) is 3. The molecule has 0 fully saturated rings. The van der Waals surface area contributed by atoms with Gasteiger partial charge >= 0.3 is 0 Å². The number of benzene rings is 1. The number of fused-ring (bicyclic) bond motifs is 3. The summed E-state index contributed by atoms with van der Waals surface area (Å²) in [6.07, 6.45) is 1.09. The SMILES string of the molecule is Cc1cc(C)nc(C2=N[C@@H]3c4ccccc4C[C@@H]3O2)c1. The number of pyridine rings is 1. The van der Waals surface area contributed by atoms with Crippen LogP contribution in [0.25, 0.3) is 0 Å². The predicted octanol–water partition coefficient (Wildman–Crippen LogP) is 3.14. The van der Waals surface area contributed by atoms with Crippen LogP contribution in [0.3, 0.4) is 0 Å². The minimum Gasteiger partial charge on any atom is -0.470 e. The van der Waals surface area contributed by atoms with Crippen LogP contribution < -0.4 is 0 Å². The van der Waals surface area contributed by atoms with Gasteiger partial charge in [0, 0.05) is 12.1 Å². The molecule has 100 valence electrons. The van der Waals surface area contributed by atoms with Crippen molar-refractivity contribution >= 4 is 5.90 Å². The molecule has 3 nitrogen and oxygen atoms in total. The van der Waals surface area contributed by atoms with E-state index in [2.05, 4.69) is 42.2 Å². The topological polar surface area (TPSA) is 34.5 Å². The Hall–Kier alpha value is -2.16. The molecule has 2 atom stereocenters. The molecule has 0 N–H and O–H groups in total. The first-order chi connectivity index (χ1) is 9.70. The number of aryl methyl sites for hydroxylation is 2. The van der Waals surface area contributed by atoms with Crippen LogP contribution in [0.2, 0.25) is 0 Å². The molecule has 2 heterocycles. The van der Waals surface area contributed by atoms with Gasteiger partial charge in [-0.25, -0.2) is 9.98 Å². The molecule has 0 saturated heterocycles. The van der Waals surface area contributed by atoms with Crippen LogP contribution in [0.15, 0.2) is 41.4 Å². The van der Waals surface area contributed by atoms with E-state index >= 15 is 0 Å².